The summed E-state index contributed by atoms with van der Waals surface area (Å²) in [5.74, 6) is 0.191. The van der Waals surface area contributed by atoms with Gasteiger partial charge in [-0.2, -0.15) is 0 Å². The Bertz CT molecular complexity index is 393. The van der Waals surface area contributed by atoms with E-state index in [0.29, 0.717) is 24.0 Å². The number of amides is 1. The average Bonchev–Trinajstić information content (AvgIpc) is 2.42. The fourth-order valence-electron chi connectivity index (χ4n) is 1.36. The van der Waals surface area contributed by atoms with E-state index in [1.54, 1.807) is 19.2 Å². The fourth-order valence-corrected chi connectivity index (χ4v) is 1.36. The third kappa shape index (κ3) is 5.67. The molecule has 0 saturated heterocycles. The first kappa shape index (κ1) is 15.4. The van der Waals surface area contributed by atoms with E-state index in [4.69, 9.17) is 4.74 Å². The van der Waals surface area contributed by atoms with Crippen LogP contribution < -0.4 is 15.4 Å². The topological polar surface area (TPSA) is 83.5 Å². The summed E-state index contributed by atoms with van der Waals surface area (Å²) >= 11 is 0. The number of carbonyl (C=O) groups excluding carboxylic acids is 1. The van der Waals surface area contributed by atoms with Gasteiger partial charge in [-0.05, 0) is 6.07 Å². The van der Waals surface area contributed by atoms with Crippen LogP contribution in [0.4, 0.5) is 0 Å². The Morgan fingerprint density at radius 3 is 2.74 bits per heavy atom. The highest BCUT2D eigenvalue weighted by molar-refractivity contribution is 5.93. The molecule has 6 heteroatoms. The molecule has 0 spiro atoms. The Hall–Kier alpha value is -1.66. The molecule has 106 valence electrons. The van der Waals surface area contributed by atoms with Crippen molar-refractivity contribution in [1.82, 2.24) is 15.6 Å². The summed E-state index contributed by atoms with van der Waals surface area (Å²) in [7, 11) is 1.56. The van der Waals surface area contributed by atoms with Crippen LogP contribution in [0.3, 0.4) is 0 Å². The molecule has 0 aliphatic rings. The van der Waals surface area contributed by atoms with E-state index in [1.165, 1.54) is 6.20 Å². The van der Waals surface area contributed by atoms with Crippen LogP contribution in [0.5, 0.6) is 5.88 Å². The summed E-state index contributed by atoms with van der Waals surface area (Å²) in [6.07, 6.45) is 0.843. The first-order valence-corrected chi connectivity index (χ1v) is 6.25. The lowest BCUT2D eigenvalue weighted by atomic mass is 10.3. The molecule has 0 radical (unpaired) electrons. The molecule has 0 saturated carbocycles. The number of nitrogens with one attached hydrogen (secondary N) is 2. The number of aromatic nitrogens is 1. The summed E-state index contributed by atoms with van der Waals surface area (Å²) in [4.78, 5) is 15.3. The van der Waals surface area contributed by atoms with E-state index in [-0.39, 0.29) is 12.5 Å². The first-order chi connectivity index (χ1) is 9.02. The Kier molecular flexibility index (Phi) is 6.24. The van der Waals surface area contributed by atoms with Gasteiger partial charge in [0.25, 0.3) is 5.91 Å². The number of ether oxygens (including phenoxy) is 1. The first-order valence-electron chi connectivity index (χ1n) is 6.25. The molecular weight excluding hydrogens is 246 g/mol. The summed E-state index contributed by atoms with van der Waals surface area (Å²) < 4.78 is 5.34. The number of aliphatic hydroxyl groups is 1. The van der Waals surface area contributed by atoms with Gasteiger partial charge in [0.15, 0.2) is 0 Å². The minimum atomic E-state index is -0.595. The minimum absolute atomic E-state index is 0.159. The summed E-state index contributed by atoms with van der Waals surface area (Å²) in [6.45, 7) is 4.64. The van der Waals surface area contributed by atoms with Crippen LogP contribution in [0.1, 0.15) is 24.2 Å². The average molecular weight is 267 g/mol. The Labute approximate surface area is 113 Å². The second-order valence-corrected chi connectivity index (χ2v) is 4.49. The Morgan fingerprint density at radius 2 is 2.21 bits per heavy atom. The molecule has 1 heterocycles. The smallest absolute Gasteiger partial charge is 0.252 e. The number of carbonyl (C=O) groups is 1. The van der Waals surface area contributed by atoms with Crippen molar-refractivity contribution < 1.29 is 14.6 Å². The van der Waals surface area contributed by atoms with Crippen molar-refractivity contribution in [2.75, 3.05) is 20.2 Å². The van der Waals surface area contributed by atoms with Crippen molar-refractivity contribution in [3.63, 3.8) is 0 Å². The number of hydrogen-bond donors (Lipinski definition) is 3. The molecule has 0 bridgehead atoms. The van der Waals surface area contributed by atoms with Crippen molar-refractivity contribution in [3.05, 3.63) is 23.9 Å². The van der Waals surface area contributed by atoms with Gasteiger partial charge in [-0.1, -0.05) is 13.8 Å². The Morgan fingerprint density at radius 1 is 1.47 bits per heavy atom. The van der Waals surface area contributed by atoms with Gasteiger partial charge >= 0.3 is 0 Å². The van der Waals surface area contributed by atoms with Crippen molar-refractivity contribution >= 4 is 5.91 Å². The van der Waals surface area contributed by atoms with Crippen LogP contribution in [-0.2, 0) is 0 Å². The zero-order valence-electron chi connectivity index (χ0n) is 11.5. The third-order valence-corrected chi connectivity index (χ3v) is 2.41. The van der Waals surface area contributed by atoms with Gasteiger partial charge in [0.1, 0.15) is 12.7 Å². The number of rotatable bonds is 7. The third-order valence-electron chi connectivity index (χ3n) is 2.41. The fraction of sp³-hybridized carbons (Fsp3) is 0.538. The van der Waals surface area contributed by atoms with E-state index < -0.39 is 6.10 Å². The van der Waals surface area contributed by atoms with Gasteiger partial charge in [0.2, 0.25) is 5.88 Å². The van der Waals surface area contributed by atoms with Crippen LogP contribution in [0.25, 0.3) is 0 Å². The molecule has 0 aromatic carbocycles. The van der Waals surface area contributed by atoms with Crippen LogP contribution in [0, 0.1) is 0 Å². The predicted molar refractivity (Wildman–Crippen MR) is 72.3 cm³/mol. The summed E-state index contributed by atoms with van der Waals surface area (Å²) in [6, 6.07) is 3.55. The van der Waals surface area contributed by atoms with E-state index in [1.807, 2.05) is 13.8 Å². The van der Waals surface area contributed by atoms with Crippen molar-refractivity contribution in [2.45, 2.75) is 26.0 Å². The normalized spacial score (nSPS) is 12.3. The molecule has 0 aliphatic heterocycles. The van der Waals surface area contributed by atoms with Crippen molar-refractivity contribution in [2.24, 2.45) is 0 Å². The number of nitrogens with zero attached hydrogens (tertiary/aromatic N) is 1. The van der Waals surface area contributed by atoms with Crippen LogP contribution >= 0.6 is 0 Å². The van der Waals surface area contributed by atoms with Gasteiger partial charge in [0, 0.05) is 31.9 Å². The summed E-state index contributed by atoms with van der Waals surface area (Å²) in [5.41, 5.74) is 0.469. The molecule has 1 aromatic rings. The van der Waals surface area contributed by atoms with Crippen LogP contribution in [-0.4, -0.2) is 48.3 Å². The molecule has 19 heavy (non-hydrogen) atoms. The lowest BCUT2D eigenvalue weighted by Gasteiger charge is -2.14. The molecule has 1 atom stereocenters. The second-order valence-electron chi connectivity index (χ2n) is 4.49. The molecule has 1 amide bonds. The summed E-state index contributed by atoms with van der Waals surface area (Å²) in [5, 5.41) is 15.3. The van der Waals surface area contributed by atoms with Crippen molar-refractivity contribution in [3.8, 4) is 5.88 Å². The van der Waals surface area contributed by atoms with Crippen molar-refractivity contribution in [1.29, 1.82) is 0 Å². The predicted octanol–water partition coefficient (Wildman–Crippen LogP) is 0.179. The highest BCUT2D eigenvalue weighted by Gasteiger charge is 2.07. The zero-order chi connectivity index (χ0) is 14.3. The van der Waals surface area contributed by atoms with Gasteiger partial charge in [-0.25, -0.2) is 4.98 Å². The maximum absolute atomic E-state index is 11.3. The van der Waals surface area contributed by atoms with Gasteiger partial charge in [0.05, 0.1) is 5.56 Å². The molecule has 6 nitrogen and oxygen atoms in total. The standard InChI is InChI=1S/C13H21N3O3/c1-9(2)15-7-11(17)8-19-12-5-4-10(6-16-12)13(18)14-3/h4-6,9,11,15,17H,7-8H2,1-3H3,(H,14,18). The molecule has 1 unspecified atom stereocenters. The minimum Gasteiger partial charge on any atom is -0.475 e. The molecule has 0 aliphatic carbocycles. The molecule has 0 fully saturated rings. The molecular formula is C13H21N3O3. The molecule has 1 aromatic heterocycles. The quantitative estimate of drug-likeness (QED) is 0.656. The van der Waals surface area contributed by atoms with Gasteiger partial charge in [-0.15, -0.1) is 0 Å². The number of hydrogen-bond acceptors (Lipinski definition) is 5. The molecule has 3 N–H and O–H groups in total. The van der Waals surface area contributed by atoms with Gasteiger partial charge in [-0.3, -0.25) is 4.79 Å². The zero-order valence-corrected chi connectivity index (χ0v) is 11.5. The van der Waals surface area contributed by atoms with Crippen LogP contribution in [0.2, 0.25) is 0 Å². The second kappa shape index (κ2) is 7.70. The van der Waals surface area contributed by atoms with E-state index >= 15 is 0 Å². The van der Waals surface area contributed by atoms with E-state index in [9.17, 15) is 9.90 Å². The maximum Gasteiger partial charge on any atom is 0.252 e. The SMILES string of the molecule is CNC(=O)c1ccc(OCC(O)CNC(C)C)nc1. The lowest BCUT2D eigenvalue weighted by Crippen LogP contribution is -2.35. The maximum atomic E-state index is 11.3. The Balaban J connectivity index is 2.39. The highest BCUT2D eigenvalue weighted by Crippen LogP contribution is 2.07. The van der Waals surface area contributed by atoms with E-state index in [2.05, 4.69) is 15.6 Å². The lowest BCUT2D eigenvalue weighted by molar-refractivity contribution is 0.0960. The highest BCUT2D eigenvalue weighted by atomic mass is 16.5. The molecule has 1 rings (SSSR count). The largest absolute Gasteiger partial charge is 0.475 e. The van der Waals surface area contributed by atoms with Crippen LogP contribution in [0.15, 0.2) is 18.3 Å². The number of pyridine rings is 1. The van der Waals surface area contributed by atoms with E-state index in [0.717, 1.165) is 0 Å². The van der Waals surface area contributed by atoms with Gasteiger partial charge < -0.3 is 20.5 Å². The number of aliphatic hydroxyl groups excluding tert-OH is 1. The monoisotopic (exact) mass is 267 g/mol.